The van der Waals surface area contributed by atoms with E-state index < -0.39 is 0 Å². The zero-order valence-electron chi connectivity index (χ0n) is 11.6. The summed E-state index contributed by atoms with van der Waals surface area (Å²) in [5.74, 6) is 1.12. The monoisotopic (exact) mass is 252 g/mol. The minimum Gasteiger partial charge on any atom is -0.437 e. The van der Waals surface area contributed by atoms with Crippen LogP contribution < -0.4 is 4.74 Å². The Balaban J connectivity index is 2.46. The van der Waals surface area contributed by atoms with Gasteiger partial charge in [-0.15, -0.1) is 0 Å². The van der Waals surface area contributed by atoms with Gasteiger partial charge < -0.3 is 4.74 Å². The van der Waals surface area contributed by atoms with E-state index >= 15 is 0 Å². The van der Waals surface area contributed by atoms with Crippen molar-refractivity contribution in [1.29, 1.82) is 5.26 Å². The van der Waals surface area contributed by atoms with Crippen LogP contribution in [0.1, 0.15) is 27.9 Å². The first-order chi connectivity index (χ1) is 9.01. The summed E-state index contributed by atoms with van der Waals surface area (Å²) in [4.78, 5) is 4.32. The number of rotatable bonds is 2. The summed E-state index contributed by atoms with van der Waals surface area (Å²) >= 11 is 0. The highest BCUT2D eigenvalue weighted by Gasteiger charge is 2.11. The minimum absolute atomic E-state index is 0.381. The van der Waals surface area contributed by atoms with Crippen LogP contribution in [0.4, 0.5) is 0 Å². The first-order valence-electron chi connectivity index (χ1n) is 6.14. The Morgan fingerprint density at radius 3 is 2.42 bits per heavy atom. The van der Waals surface area contributed by atoms with Gasteiger partial charge in [0.15, 0.2) is 0 Å². The third kappa shape index (κ3) is 2.74. The van der Waals surface area contributed by atoms with Crippen molar-refractivity contribution in [3.63, 3.8) is 0 Å². The Labute approximate surface area is 113 Å². The van der Waals surface area contributed by atoms with Gasteiger partial charge in [-0.05, 0) is 51.0 Å². The number of pyridine rings is 1. The molecule has 0 fully saturated rings. The number of hydrogen-bond acceptors (Lipinski definition) is 3. The molecule has 0 aliphatic heterocycles. The number of aryl methyl sites for hydroxylation is 4. The van der Waals surface area contributed by atoms with E-state index in [0.29, 0.717) is 11.4 Å². The second-order valence-corrected chi connectivity index (χ2v) is 4.74. The second kappa shape index (κ2) is 5.11. The Kier molecular flexibility index (Phi) is 3.52. The topological polar surface area (TPSA) is 45.9 Å². The van der Waals surface area contributed by atoms with Crippen LogP contribution in [-0.4, -0.2) is 4.98 Å². The van der Waals surface area contributed by atoms with Crippen molar-refractivity contribution in [3.05, 3.63) is 52.2 Å². The molecule has 0 saturated carbocycles. The number of nitriles is 1. The number of aromatic nitrogens is 1. The van der Waals surface area contributed by atoms with Crippen molar-refractivity contribution in [1.82, 2.24) is 4.98 Å². The SMILES string of the molecule is Cc1ccc(Oc2nc(C)cc(C)c2C#N)c(C)c1. The Hall–Kier alpha value is -2.34. The molecule has 0 aliphatic carbocycles. The molecular weight excluding hydrogens is 236 g/mol. The molecule has 19 heavy (non-hydrogen) atoms. The van der Waals surface area contributed by atoms with Gasteiger partial charge in [-0.1, -0.05) is 17.7 Å². The molecule has 0 bridgehead atoms. The number of ether oxygens (including phenoxy) is 1. The van der Waals surface area contributed by atoms with Crippen molar-refractivity contribution >= 4 is 0 Å². The molecule has 0 spiro atoms. The van der Waals surface area contributed by atoms with Gasteiger partial charge in [0.1, 0.15) is 17.4 Å². The molecule has 1 aromatic heterocycles. The van der Waals surface area contributed by atoms with E-state index in [-0.39, 0.29) is 0 Å². The van der Waals surface area contributed by atoms with Crippen LogP contribution in [0.15, 0.2) is 24.3 Å². The van der Waals surface area contributed by atoms with Gasteiger partial charge in [0.25, 0.3) is 0 Å². The minimum atomic E-state index is 0.381. The summed E-state index contributed by atoms with van der Waals surface area (Å²) in [6.45, 7) is 7.80. The van der Waals surface area contributed by atoms with Crippen LogP contribution in [-0.2, 0) is 0 Å². The highest BCUT2D eigenvalue weighted by atomic mass is 16.5. The van der Waals surface area contributed by atoms with Crippen molar-refractivity contribution in [2.24, 2.45) is 0 Å². The molecule has 2 aromatic rings. The predicted octanol–water partition coefficient (Wildman–Crippen LogP) is 3.98. The molecule has 0 N–H and O–H groups in total. The van der Waals surface area contributed by atoms with E-state index in [9.17, 15) is 5.26 Å². The van der Waals surface area contributed by atoms with Gasteiger partial charge in [-0.3, -0.25) is 0 Å². The van der Waals surface area contributed by atoms with E-state index in [1.807, 2.05) is 52.0 Å². The van der Waals surface area contributed by atoms with Gasteiger partial charge >= 0.3 is 0 Å². The van der Waals surface area contributed by atoms with E-state index in [4.69, 9.17) is 4.74 Å². The van der Waals surface area contributed by atoms with Crippen LogP contribution in [0.2, 0.25) is 0 Å². The van der Waals surface area contributed by atoms with Crippen molar-refractivity contribution in [2.45, 2.75) is 27.7 Å². The van der Waals surface area contributed by atoms with E-state index in [0.717, 1.165) is 22.6 Å². The first kappa shape index (κ1) is 13.1. The fourth-order valence-electron chi connectivity index (χ4n) is 2.03. The highest BCUT2D eigenvalue weighted by molar-refractivity contribution is 5.48. The summed E-state index contributed by atoms with van der Waals surface area (Å²) in [6, 6.07) is 9.97. The first-order valence-corrected chi connectivity index (χ1v) is 6.14. The molecule has 0 amide bonds. The lowest BCUT2D eigenvalue weighted by Crippen LogP contribution is -1.98. The third-order valence-corrected chi connectivity index (χ3v) is 2.96. The lowest BCUT2D eigenvalue weighted by atomic mass is 10.1. The van der Waals surface area contributed by atoms with Gasteiger partial charge in [0.2, 0.25) is 5.88 Å². The van der Waals surface area contributed by atoms with Crippen molar-refractivity contribution in [2.75, 3.05) is 0 Å². The maximum atomic E-state index is 9.21. The molecule has 0 saturated heterocycles. The third-order valence-electron chi connectivity index (χ3n) is 2.96. The normalized spacial score (nSPS) is 10.1. The fraction of sp³-hybridized carbons (Fsp3) is 0.250. The lowest BCUT2D eigenvalue weighted by Gasteiger charge is -2.11. The zero-order valence-corrected chi connectivity index (χ0v) is 11.6. The van der Waals surface area contributed by atoms with Gasteiger partial charge in [0, 0.05) is 5.69 Å². The van der Waals surface area contributed by atoms with E-state index in [2.05, 4.69) is 11.1 Å². The van der Waals surface area contributed by atoms with Crippen molar-refractivity contribution in [3.8, 4) is 17.7 Å². The maximum absolute atomic E-state index is 9.21. The van der Waals surface area contributed by atoms with Crippen LogP contribution in [0.3, 0.4) is 0 Å². The molecule has 0 atom stereocenters. The Morgan fingerprint density at radius 1 is 1.05 bits per heavy atom. The average Bonchev–Trinajstić information content (AvgIpc) is 2.32. The van der Waals surface area contributed by atoms with Gasteiger partial charge in [0.05, 0.1) is 0 Å². The van der Waals surface area contributed by atoms with Crippen molar-refractivity contribution < 1.29 is 4.74 Å². The summed E-state index contributed by atoms with van der Waals surface area (Å²) in [7, 11) is 0. The smallest absolute Gasteiger partial charge is 0.237 e. The van der Waals surface area contributed by atoms with E-state index in [1.54, 1.807) is 0 Å². The van der Waals surface area contributed by atoms with Crippen LogP contribution in [0, 0.1) is 39.0 Å². The molecule has 1 aromatic carbocycles. The van der Waals surface area contributed by atoms with Crippen LogP contribution in [0.5, 0.6) is 11.6 Å². The molecule has 2 rings (SSSR count). The lowest BCUT2D eigenvalue weighted by molar-refractivity contribution is 0.456. The fourth-order valence-corrected chi connectivity index (χ4v) is 2.03. The molecule has 0 unspecified atom stereocenters. The molecule has 3 heteroatoms. The summed E-state index contributed by atoms with van der Waals surface area (Å²) in [5, 5.41) is 9.21. The average molecular weight is 252 g/mol. The number of benzene rings is 1. The summed E-state index contributed by atoms with van der Waals surface area (Å²) in [5.41, 5.74) is 4.43. The highest BCUT2D eigenvalue weighted by Crippen LogP contribution is 2.28. The zero-order chi connectivity index (χ0) is 14.0. The van der Waals surface area contributed by atoms with Crippen LogP contribution in [0.25, 0.3) is 0 Å². The standard InChI is InChI=1S/C16H16N2O/c1-10-5-6-15(12(3)7-10)19-16-14(9-17)11(2)8-13(4)18-16/h5-8H,1-4H3. The van der Waals surface area contributed by atoms with Crippen LogP contribution >= 0.6 is 0 Å². The number of nitrogens with zero attached hydrogens (tertiary/aromatic N) is 2. The Morgan fingerprint density at radius 2 is 1.79 bits per heavy atom. The molecule has 96 valence electrons. The Bertz CT molecular complexity index is 669. The number of hydrogen-bond donors (Lipinski definition) is 0. The summed E-state index contributed by atoms with van der Waals surface area (Å²) < 4.78 is 5.81. The molecule has 3 nitrogen and oxygen atoms in total. The molecule has 0 radical (unpaired) electrons. The molecule has 0 aliphatic rings. The second-order valence-electron chi connectivity index (χ2n) is 4.74. The quantitative estimate of drug-likeness (QED) is 0.812. The van der Waals surface area contributed by atoms with E-state index in [1.165, 1.54) is 5.56 Å². The molecular formula is C16H16N2O. The largest absolute Gasteiger partial charge is 0.437 e. The summed E-state index contributed by atoms with van der Waals surface area (Å²) in [6.07, 6.45) is 0. The van der Waals surface area contributed by atoms with Gasteiger partial charge in [-0.25, -0.2) is 4.98 Å². The van der Waals surface area contributed by atoms with Gasteiger partial charge in [-0.2, -0.15) is 5.26 Å². The maximum Gasteiger partial charge on any atom is 0.237 e. The molecule has 1 heterocycles. The predicted molar refractivity (Wildman–Crippen MR) is 74.4 cm³/mol.